The fraction of sp³-hybridized carbons (Fsp3) is 0.643. The monoisotopic (exact) mass is 290 g/mol. The molecule has 0 aromatic carbocycles. The number of piperazine rings is 1. The van der Waals surface area contributed by atoms with Crippen LogP contribution in [0.15, 0.2) is 11.0 Å². The minimum absolute atomic E-state index is 0.0818. The van der Waals surface area contributed by atoms with Crippen molar-refractivity contribution in [2.45, 2.75) is 26.3 Å². The van der Waals surface area contributed by atoms with Crippen molar-refractivity contribution >= 4 is 17.0 Å². The van der Waals surface area contributed by atoms with Crippen LogP contribution in [-0.2, 0) is 7.05 Å². The second kappa shape index (κ2) is 5.48. The molecule has 114 valence electrons. The maximum atomic E-state index is 12.5. The molecule has 3 heterocycles. The Morgan fingerprint density at radius 3 is 2.76 bits per heavy atom. The molecule has 1 saturated heterocycles. The van der Waals surface area contributed by atoms with Crippen molar-refractivity contribution < 1.29 is 0 Å². The fourth-order valence-electron chi connectivity index (χ4n) is 2.78. The topological polar surface area (TPSA) is 68.0 Å². The first kappa shape index (κ1) is 14.1. The molecule has 0 amide bonds. The van der Waals surface area contributed by atoms with Crippen molar-refractivity contribution in [2.24, 2.45) is 7.05 Å². The molecule has 1 N–H and O–H groups in total. The van der Waals surface area contributed by atoms with Crippen molar-refractivity contribution in [3.8, 4) is 0 Å². The summed E-state index contributed by atoms with van der Waals surface area (Å²) in [5, 5.41) is 7.43. The number of hydrogen-bond acceptors (Lipinski definition) is 5. The molecule has 2 aromatic rings. The van der Waals surface area contributed by atoms with Gasteiger partial charge in [-0.1, -0.05) is 6.92 Å². The van der Waals surface area contributed by atoms with Crippen LogP contribution in [0.1, 0.15) is 26.3 Å². The van der Waals surface area contributed by atoms with Gasteiger partial charge in [0.2, 0.25) is 5.95 Å². The third kappa shape index (κ3) is 2.31. The lowest BCUT2D eigenvalue weighted by molar-refractivity contribution is 0.515. The number of imidazole rings is 1. The average molecular weight is 290 g/mol. The van der Waals surface area contributed by atoms with Crippen LogP contribution in [0, 0.1) is 0 Å². The highest BCUT2D eigenvalue weighted by atomic mass is 16.1. The van der Waals surface area contributed by atoms with E-state index in [2.05, 4.69) is 33.7 Å². The highest BCUT2D eigenvalue weighted by Gasteiger charge is 2.23. The van der Waals surface area contributed by atoms with E-state index in [-0.39, 0.29) is 11.6 Å². The van der Waals surface area contributed by atoms with E-state index in [4.69, 9.17) is 4.98 Å². The first-order valence-corrected chi connectivity index (χ1v) is 7.53. The zero-order valence-corrected chi connectivity index (χ0v) is 12.8. The van der Waals surface area contributed by atoms with Crippen LogP contribution >= 0.6 is 0 Å². The predicted molar refractivity (Wildman–Crippen MR) is 82.9 cm³/mol. The van der Waals surface area contributed by atoms with Crippen molar-refractivity contribution in [3.63, 3.8) is 0 Å². The standard InChI is InChI=1S/C14H22N6O/c1-4-10(2)20-12-11(9-16-18(3)13(12)21)17-14(20)19-7-5-15-6-8-19/h9-10,15H,4-8H2,1-3H3. The second-order valence-corrected chi connectivity index (χ2v) is 5.58. The Labute approximate surface area is 123 Å². The largest absolute Gasteiger partial charge is 0.340 e. The summed E-state index contributed by atoms with van der Waals surface area (Å²) in [4.78, 5) is 19.4. The molecule has 0 bridgehead atoms. The Balaban J connectivity index is 2.23. The summed E-state index contributed by atoms with van der Waals surface area (Å²) in [7, 11) is 1.68. The third-order valence-corrected chi connectivity index (χ3v) is 4.20. The van der Waals surface area contributed by atoms with Crippen molar-refractivity contribution in [3.05, 3.63) is 16.6 Å². The normalized spacial score (nSPS) is 17.4. The predicted octanol–water partition coefficient (Wildman–Crippen LogP) is 0.511. The van der Waals surface area contributed by atoms with E-state index in [1.54, 1.807) is 13.2 Å². The zero-order chi connectivity index (χ0) is 15.0. The number of nitrogens with one attached hydrogen (secondary N) is 1. The number of anilines is 1. The summed E-state index contributed by atoms with van der Waals surface area (Å²) in [5.41, 5.74) is 1.27. The highest BCUT2D eigenvalue weighted by molar-refractivity contribution is 5.77. The van der Waals surface area contributed by atoms with Crippen LogP contribution in [0.4, 0.5) is 5.95 Å². The van der Waals surface area contributed by atoms with Crippen LogP contribution in [0.3, 0.4) is 0 Å². The Hall–Kier alpha value is -1.89. The minimum Gasteiger partial charge on any atom is -0.340 e. The van der Waals surface area contributed by atoms with Gasteiger partial charge in [0.25, 0.3) is 5.56 Å². The van der Waals surface area contributed by atoms with E-state index < -0.39 is 0 Å². The van der Waals surface area contributed by atoms with Gasteiger partial charge in [-0.25, -0.2) is 9.67 Å². The average Bonchev–Trinajstić information content (AvgIpc) is 2.91. The molecule has 7 heteroatoms. The summed E-state index contributed by atoms with van der Waals surface area (Å²) < 4.78 is 3.47. The number of fused-ring (bicyclic) bond motifs is 1. The fourth-order valence-corrected chi connectivity index (χ4v) is 2.78. The summed E-state index contributed by atoms with van der Waals surface area (Å²) in [5.74, 6) is 0.894. The van der Waals surface area contributed by atoms with Crippen LogP contribution in [-0.4, -0.2) is 45.5 Å². The molecule has 0 spiro atoms. The molecule has 1 atom stereocenters. The summed E-state index contributed by atoms with van der Waals surface area (Å²) in [6.07, 6.45) is 2.64. The van der Waals surface area contributed by atoms with Crippen LogP contribution in [0.2, 0.25) is 0 Å². The first-order valence-electron chi connectivity index (χ1n) is 7.53. The Bertz CT molecular complexity index is 697. The zero-order valence-electron chi connectivity index (χ0n) is 12.8. The molecule has 21 heavy (non-hydrogen) atoms. The number of rotatable bonds is 3. The molecule has 0 radical (unpaired) electrons. The minimum atomic E-state index is -0.0818. The molecule has 3 rings (SSSR count). The summed E-state index contributed by atoms with van der Waals surface area (Å²) in [6.45, 7) is 7.97. The van der Waals surface area contributed by atoms with Gasteiger partial charge in [0.1, 0.15) is 11.0 Å². The molecule has 0 aliphatic carbocycles. The SMILES string of the molecule is CCC(C)n1c(N2CCNCC2)nc2cnn(C)c(=O)c21. The van der Waals surface area contributed by atoms with Crippen LogP contribution in [0.25, 0.3) is 11.0 Å². The van der Waals surface area contributed by atoms with E-state index in [0.717, 1.165) is 38.5 Å². The van der Waals surface area contributed by atoms with E-state index >= 15 is 0 Å². The number of nitrogens with zero attached hydrogens (tertiary/aromatic N) is 5. The van der Waals surface area contributed by atoms with Gasteiger partial charge < -0.3 is 14.8 Å². The van der Waals surface area contributed by atoms with Gasteiger partial charge in [0.05, 0.1) is 6.20 Å². The molecule has 1 aliphatic heterocycles. The smallest absolute Gasteiger partial charge is 0.292 e. The lowest BCUT2D eigenvalue weighted by Crippen LogP contribution is -2.44. The Morgan fingerprint density at radius 1 is 1.38 bits per heavy atom. The summed E-state index contributed by atoms with van der Waals surface area (Å²) >= 11 is 0. The molecule has 0 saturated carbocycles. The van der Waals surface area contributed by atoms with Gasteiger partial charge in [-0.15, -0.1) is 0 Å². The maximum absolute atomic E-state index is 12.5. The Kier molecular flexibility index (Phi) is 3.67. The van der Waals surface area contributed by atoms with Gasteiger partial charge in [-0.3, -0.25) is 4.79 Å². The van der Waals surface area contributed by atoms with Crippen molar-refractivity contribution in [1.82, 2.24) is 24.6 Å². The maximum Gasteiger partial charge on any atom is 0.292 e. The Morgan fingerprint density at radius 2 is 2.10 bits per heavy atom. The van der Waals surface area contributed by atoms with E-state index in [9.17, 15) is 4.79 Å². The first-order chi connectivity index (χ1) is 10.1. The van der Waals surface area contributed by atoms with Gasteiger partial charge in [-0.05, 0) is 13.3 Å². The lowest BCUT2D eigenvalue weighted by atomic mass is 10.2. The number of aromatic nitrogens is 4. The van der Waals surface area contributed by atoms with E-state index in [0.29, 0.717) is 11.0 Å². The van der Waals surface area contributed by atoms with Gasteiger partial charge in [0.15, 0.2) is 0 Å². The molecule has 2 aromatic heterocycles. The highest BCUT2D eigenvalue weighted by Crippen LogP contribution is 2.26. The van der Waals surface area contributed by atoms with Gasteiger partial charge in [-0.2, -0.15) is 5.10 Å². The molecule has 7 nitrogen and oxygen atoms in total. The molecular formula is C14H22N6O. The number of hydrogen-bond donors (Lipinski definition) is 1. The van der Waals surface area contributed by atoms with E-state index in [1.165, 1.54) is 4.68 Å². The molecule has 1 fully saturated rings. The van der Waals surface area contributed by atoms with Crippen LogP contribution in [0.5, 0.6) is 0 Å². The quantitative estimate of drug-likeness (QED) is 0.892. The third-order valence-electron chi connectivity index (χ3n) is 4.20. The summed E-state index contributed by atoms with van der Waals surface area (Å²) in [6, 6.07) is 0.231. The number of aryl methyl sites for hydroxylation is 1. The lowest BCUT2D eigenvalue weighted by Gasteiger charge is -2.30. The van der Waals surface area contributed by atoms with Crippen LogP contribution < -0.4 is 15.8 Å². The second-order valence-electron chi connectivity index (χ2n) is 5.58. The van der Waals surface area contributed by atoms with Crippen molar-refractivity contribution in [2.75, 3.05) is 31.1 Å². The van der Waals surface area contributed by atoms with Gasteiger partial charge >= 0.3 is 0 Å². The van der Waals surface area contributed by atoms with Crippen molar-refractivity contribution in [1.29, 1.82) is 0 Å². The van der Waals surface area contributed by atoms with E-state index in [1.807, 2.05) is 0 Å². The van der Waals surface area contributed by atoms with Gasteiger partial charge in [0, 0.05) is 39.3 Å². The molecular weight excluding hydrogens is 268 g/mol. The molecule has 1 unspecified atom stereocenters. The molecule has 1 aliphatic rings.